The van der Waals surface area contributed by atoms with E-state index in [4.69, 9.17) is 4.74 Å². The number of carbonyl (C=O) groups excluding carboxylic acids is 1. The summed E-state index contributed by atoms with van der Waals surface area (Å²) in [5.41, 5.74) is 0.504. The third-order valence-corrected chi connectivity index (χ3v) is 4.91. The van der Waals surface area contributed by atoms with Crippen molar-refractivity contribution in [3.05, 3.63) is 29.6 Å². The molecule has 3 N–H and O–H groups in total. The van der Waals surface area contributed by atoms with Crippen LogP contribution >= 0.6 is 0 Å². The normalized spacial score (nSPS) is 21.3. The van der Waals surface area contributed by atoms with Gasteiger partial charge in [0.05, 0.1) is 25.5 Å². The van der Waals surface area contributed by atoms with Crippen molar-refractivity contribution in [1.82, 2.24) is 10.0 Å². The number of halogens is 1. The first-order chi connectivity index (χ1) is 11.7. The Morgan fingerprint density at radius 1 is 1.44 bits per heavy atom. The van der Waals surface area contributed by atoms with E-state index in [2.05, 4.69) is 10.0 Å². The van der Waals surface area contributed by atoms with Crippen molar-refractivity contribution in [1.29, 1.82) is 0 Å². The number of benzene rings is 1. The van der Waals surface area contributed by atoms with Crippen LogP contribution in [0.5, 0.6) is 5.75 Å². The van der Waals surface area contributed by atoms with Crippen LogP contribution < -0.4 is 14.8 Å². The number of sulfonamides is 1. The average molecular weight is 374 g/mol. The Kier molecular flexibility index (Phi) is 6.36. The van der Waals surface area contributed by atoms with Gasteiger partial charge < -0.3 is 15.2 Å². The molecule has 140 valence electrons. The molecule has 1 saturated carbocycles. The summed E-state index contributed by atoms with van der Waals surface area (Å²) in [7, 11) is -1.91. The number of amides is 1. The van der Waals surface area contributed by atoms with Crippen LogP contribution in [0.2, 0.25) is 0 Å². The van der Waals surface area contributed by atoms with E-state index in [0.29, 0.717) is 24.2 Å². The fourth-order valence-electron chi connectivity index (χ4n) is 2.90. The summed E-state index contributed by atoms with van der Waals surface area (Å²) >= 11 is 0. The summed E-state index contributed by atoms with van der Waals surface area (Å²) in [6.07, 6.45) is 1.52. The van der Waals surface area contributed by atoms with Gasteiger partial charge in [-0.1, -0.05) is 0 Å². The van der Waals surface area contributed by atoms with E-state index in [-0.39, 0.29) is 24.8 Å². The molecule has 0 aliphatic heterocycles. The van der Waals surface area contributed by atoms with E-state index >= 15 is 0 Å². The summed E-state index contributed by atoms with van der Waals surface area (Å²) in [6, 6.07) is 3.56. The molecule has 1 atom stereocenters. The molecule has 2 rings (SSSR count). The Balaban J connectivity index is 2.12. The van der Waals surface area contributed by atoms with E-state index in [1.54, 1.807) is 0 Å². The van der Waals surface area contributed by atoms with Crippen LogP contribution in [0.3, 0.4) is 0 Å². The van der Waals surface area contributed by atoms with Crippen molar-refractivity contribution in [3.8, 4) is 5.75 Å². The fraction of sp³-hybridized carbons (Fsp3) is 0.562. The quantitative estimate of drug-likeness (QED) is 0.621. The van der Waals surface area contributed by atoms with Gasteiger partial charge in [-0.25, -0.2) is 17.5 Å². The first-order valence-electron chi connectivity index (χ1n) is 7.95. The second-order valence-corrected chi connectivity index (χ2v) is 8.07. The Morgan fingerprint density at radius 3 is 2.68 bits per heavy atom. The molecule has 1 amide bonds. The molecule has 0 saturated heterocycles. The van der Waals surface area contributed by atoms with Gasteiger partial charge in [-0.2, -0.15) is 0 Å². The van der Waals surface area contributed by atoms with Crippen LogP contribution in [0, 0.1) is 11.7 Å². The summed E-state index contributed by atoms with van der Waals surface area (Å²) in [6.45, 7) is -0.0229. The molecule has 9 heteroatoms. The van der Waals surface area contributed by atoms with Gasteiger partial charge in [0, 0.05) is 18.5 Å². The van der Waals surface area contributed by atoms with Crippen LogP contribution in [0.1, 0.15) is 30.9 Å². The highest BCUT2D eigenvalue weighted by Gasteiger charge is 2.37. The second kappa shape index (κ2) is 8.11. The number of nitrogens with one attached hydrogen (secondary N) is 2. The third-order valence-electron chi connectivity index (χ3n) is 4.18. The van der Waals surface area contributed by atoms with Gasteiger partial charge in [0.15, 0.2) is 0 Å². The van der Waals surface area contributed by atoms with Crippen LogP contribution in [0.4, 0.5) is 4.39 Å². The molecule has 1 aromatic rings. The number of aliphatic hydroxyl groups is 1. The van der Waals surface area contributed by atoms with E-state index in [0.717, 1.165) is 6.26 Å². The van der Waals surface area contributed by atoms with Gasteiger partial charge in [-0.3, -0.25) is 4.79 Å². The largest absolute Gasteiger partial charge is 0.496 e. The molecule has 25 heavy (non-hydrogen) atoms. The molecular weight excluding hydrogens is 351 g/mol. The molecule has 1 aliphatic carbocycles. The van der Waals surface area contributed by atoms with Crippen LogP contribution in [0.25, 0.3) is 0 Å². The molecule has 0 bridgehead atoms. The van der Waals surface area contributed by atoms with Crippen LogP contribution in [-0.4, -0.2) is 45.4 Å². The van der Waals surface area contributed by atoms with E-state index in [9.17, 15) is 22.7 Å². The van der Waals surface area contributed by atoms with Crippen molar-refractivity contribution in [3.63, 3.8) is 0 Å². The van der Waals surface area contributed by atoms with E-state index in [1.165, 1.54) is 25.3 Å². The smallest absolute Gasteiger partial charge is 0.221 e. The maximum Gasteiger partial charge on any atom is 0.221 e. The Labute approximate surface area is 146 Å². The fourth-order valence-corrected chi connectivity index (χ4v) is 3.37. The van der Waals surface area contributed by atoms with Crippen molar-refractivity contribution in [2.45, 2.75) is 31.4 Å². The standard InChI is InChI=1S/C16H23FN2O5S/c1-24-14-4-3-11(17)9-13(14)16(10-7-12(20)8-10)19-15(21)5-6-18-25(2,22)23/h3-4,9-10,12,16,18,20H,5-8H2,1-2H3,(H,19,21)/t10?,12?,16-/m0/s1. The average Bonchev–Trinajstić information content (AvgIpc) is 2.48. The zero-order valence-corrected chi connectivity index (χ0v) is 15.0. The van der Waals surface area contributed by atoms with Gasteiger partial charge in [0.1, 0.15) is 11.6 Å². The van der Waals surface area contributed by atoms with Gasteiger partial charge in [0.2, 0.25) is 15.9 Å². The number of ether oxygens (including phenoxy) is 1. The highest BCUT2D eigenvalue weighted by atomic mass is 32.2. The van der Waals surface area contributed by atoms with E-state index in [1.807, 2.05) is 0 Å². The lowest BCUT2D eigenvalue weighted by Gasteiger charge is -2.38. The second-order valence-electron chi connectivity index (χ2n) is 6.23. The van der Waals surface area contributed by atoms with Crippen molar-refractivity contribution in [2.75, 3.05) is 19.9 Å². The summed E-state index contributed by atoms with van der Waals surface area (Å²) in [5.74, 6) is -0.414. The minimum atomic E-state index is -3.37. The number of hydrogen-bond acceptors (Lipinski definition) is 5. The molecule has 1 aromatic carbocycles. The lowest BCUT2D eigenvalue weighted by Crippen LogP contribution is -2.42. The number of hydrogen-bond donors (Lipinski definition) is 3. The van der Waals surface area contributed by atoms with Crippen molar-refractivity contribution < 1.29 is 27.4 Å². The molecular formula is C16H23FN2O5S. The minimum Gasteiger partial charge on any atom is -0.496 e. The zero-order chi connectivity index (χ0) is 18.6. The number of carbonyl (C=O) groups is 1. The number of rotatable bonds is 8. The minimum absolute atomic E-state index is 0.0229. The SMILES string of the molecule is COc1ccc(F)cc1[C@@H](NC(=O)CCNS(C)(=O)=O)C1CC(O)C1. The third kappa shape index (κ3) is 5.65. The lowest BCUT2D eigenvalue weighted by molar-refractivity contribution is -0.122. The van der Waals surface area contributed by atoms with Gasteiger partial charge in [0.25, 0.3) is 0 Å². The van der Waals surface area contributed by atoms with Crippen LogP contribution in [0.15, 0.2) is 18.2 Å². The summed E-state index contributed by atoms with van der Waals surface area (Å²) < 4.78 is 43.3. The van der Waals surface area contributed by atoms with Gasteiger partial charge >= 0.3 is 0 Å². The lowest BCUT2D eigenvalue weighted by atomic mass is 9.74. The van der Waals surface area contributed by atoms with Crippen molar-refractivity contribution in [2.24, 2.45) is 5.92 Å². The Morgan fingerprint density at radius 2 is 2.12 bits per heavy atom. The summed E-state index contributed by atoms with van der Waals surface area (Å²) in [4.78, 5) is 12.2. The molecule has 0 unspecified atom stereocenters. The van der Waals surface area contributed by atoms with Crippen LogP contribution in [-0.2, 0) is 14.8 Å². The molecule has 0 radical (unpaired) electrons. The monoisotopic (exact) mass is 374 g/mol. The predicted octanol–water partition coefficient (Wildman–Crippen LogP) is 0.702. The first kappa shape index (κ1) is 19.6. The highest BCUT2D eigenvalue weighted by Crippen LogP contribution is 2.41. The maximum absolute atomic E-state index is 13.7. The summed E-state index contributed by atoms with van der Waals surface area (Å²) in [5, 5.41) is 12.4. The predicted molar refractivity (Wildman–Crippen MR) is 90.0 cm³/mol. The number of methoxy groups -OCH3 is 1. The maximum atomic E-state index is 13.7. The Hall–Kier alpha value is -1.71. The van der Waals surface area contributed by atoms with Gasteiger partial charge in [-0.05, 0) is 37.0 Å². The van der Waals surface area contributed by atoms with Gasteiger partial charge in [-0.15, -0.1) is 0 Å². The molecule has 0 spiro atoms. The molecule has 0 aromatic heterocycles. The zero-order valence-electron chi connectivity index (χ0n) is 14.2. The molecule has 7 nitrogen and oxygen atoms in total. The first-order valence-corrected chi connectivity index (χ1v) is 9.84. The molecule has 0 heterocycles. The molecule has 1 fully saturated rings. The number of aliphatic hydroxyl groups excluding tert-OH is 1. The van der Waals surface area contributed by atoms with E-state index < -0.39 is 28.0 Å². The van der Waals surface area contributed by atoms with Crippen molar-refractivity contribution >= 4 is 15.9 Å². The highest BCUT2D eigenvalue weighted by molar-refractivity contribution is 7.88. The topological polar surface area (TPSA) is 105 Å². The molecule has 1 aliphatic rings. The Bertz CT molecular complexity index is 719.